The third-order valence-electron chi connectivity index (χ3n) is 2.54. The van der Waals surface area contributed by atoms with Crippen LogP contribution in [0.4, 0.5) is 5.82 Å². The zero-order valence-electron chi connectivity index (χ0n) is 11.0. The molecule has 0 bridgehead atoms. The summed E-state index contributed by atoms with van der Waals surface area (Å²) in [5.74, 6) is -0.160. The molecular weight excluding hydrogens is 234 g/mol. The molecule has 1 aromatic heterocycles. The van der Waals surface area contributed by atoms with E-state index in [2.05, 4.69) is 15.3 Å². The van der Waals surface area contributed by atoms with E-state index in [1.54, 1.807) is 13.8 Å². The van der Waals surface area contributed by atoms with Crippen molar-refractivity contribution in [3.63, 3.8) is 0 Å². The number of nitrogens with zero attached hydrogens (tertiary/aromatic N) is 1. The third kappa shape index (κ3) is 3.58. The molecule has 0 saturated carbocycles. The Hall–Kier alpha value is -1.85. The number of carboxylic acids is 1. The fourth-order valence-corrected chi connectivity index (χ4v) is 1.50. The molecule has 0 saturated heterocycles. The molecule has 0 spiro atoms. The van der Waals surface area contributed by atoms with Crippen LogP contribution in [0.5, 0.6) is 0 Å². The molecule has 0 amide bonds. The lowest BCUT2D eigenvalue weighted by molar-refractivity contribution is -0.138. The lowest BCUT2D eigenvalue weighted by Crippen LogP contribution is -2.35. The van der Waals surface area contributed by atoms with Gasteiger partial charge >= 0.3 is 5.97 Å². The zero-order chi connectivity index (χ0) is 13.9. The zero-order valence-corrected chi connectivity index (χ0v) is 11.0. The van der Waals surface area contributed by atoms with Gasteiger partial charge < -0.3 is 15.4 Å². The normalized spacial score (nSPS) is 12.8. The highest BCUT2D eigenvalue weighted by molar-refractivity contribution is 5.77. The number of rotatable bonds is 5. The Labute approximate surface area is 105 Å². The van der Waals surface area contributed by atoms with Gasteiger partial charge in [0.1, 0.15) is 17.7 Å². The molecule has 0 aliphatic carbocycles. The van der Waals surface area contributed by atoms with Crippen LogP contribution in [0.15, 0.2) is 10.9 Å². The van der Waals surface area contributed by atoms with E-state index in [4.69, 9.17) is 5.11 Å². The van der Waals surface area contributed by atoms with Gasteiger partial charge in [0.05, 0.1) is 0 Å². The lowest BCUT2D eigenvalue weighted by Gasteiger charge is -2.18. The van der Waals surface area contributed by atoms with Gasteiger partial charge in [0.2, 0.25) is 0 Å². The van der Waals surface area contributed by atoms with E-state index in [9.17, 15) is 9.59 Å². The van der Waals surface area contributed by atoms with Crippen molar-refractivity contribution in [1.29, 1.82) is 0 Å². The molecule has 1 aromatic rings. The highest BCUT2D eigenvalue weighted by Crippen LogP contribution is 2.12. The fraction of sp³-hybridized carbons (Fsp3) is 0.583. The Morgan fingerprint density at radius 2 is 2.00 bits per heavy atom. The number of nitrogens with one attached hydrogen (secondary N) is 2. The van der Waals surface area contributed by atoms with E-state index >= 15 is 0 Å². The highest BCUT2D eigenvalue weighted by atomic mass is 16.4. The average Bonchev–Trinajstić information content (AvgIpc) is 2.24. The number of hydrogen-bond donors (Lipinski definition) is 3. The second-order valence-corrected chi connectivity index (χ2v) is 4.87. The summed E-state index contributed by atoms with van der Waals surface area (Å²) in [6.07, 6.45) is 0. The molecule has 18 heavy (non-hydrogen) atoms. The number of aromatic amines is 1. The monoisotopic (exact) mass is 253 g/mol. The molecule has 6 heteroatoms. The van der Waals surface area contributed by atoms with Crippen LogP contribution in [-0.2, 0) is 4.79 Å². The minimum Gasteiger partial charge on any atom is -0.480 e. The number of H-pyrrole nitrogens is 1. The lowest BCUT2D eigenvalue weighted by atomic mass is 10.1. The van der Waals surface area contributed by atoms with Gasteiger partial charge in [0.25, 0.3) is 5.56 Å². The van der Waals surface area contributed by atoms with Gasteiger partial charge in [-0.2, -0.15) is 0 Å². The van der Waals surface area contributed by atoms with Crippen molar-refractivity contribution in [2.45, 2.75) is 39.7 Å². The number of aromatic nitrogens is 2. The van der Waals surface area contributed by atoms with Gasteiger partial charge in [0, 0.05) is 12.0 Å². The van der Waals surface area contributed by atoms with Crippen LogP contribution in [0.3, 0.4) is 0 Å². The summed E-state index contributed by atoms with van der Waals surface area (Å²) in [5.41, 5.74) is -0.288. The Balaban J connectivity index is 3.03. The summed E-state index contributed by atoms with van der Waals surface area (Å²) in [6.45, 7) is 7.39. The Kier molecular flexibility index (Phi) is 4.47. The maximum Gasteiger partial charge on any atom is 0.326 e. The van der Waals surface area contributed by atoms with E-state index in [1.807, 2.05) is 13.8 Å². The summed E-state index contributed by atoms with van der Waals surface area (Å²) in [4.78, 5) is 29.4. The van der Waals surface area contributed by atoms with Gasteiger partial charge in [-0.3, -0.25) is 4.79 Å². The van der Waals surface area contributed by atoms with Crippen LogP contribution in [-0.4, -0.2) is 27.1 Å². The first-order chi connectivity index (χ1) is 8.31. The van der Waals surface area contributed by atoms with Gasteiger partial charge in [-0.25, -0.2) is 9.78 Å². The molecule has 0 radical (unpaired) electrons. The van der Waals surface area contributed by atoms with Gasteiger partial charge in [0.15, 0.2) is 0 Å². The second kappa shape index (κ2) is 5.66. The molecule has 1 atom stereocenters. The Morgan fingerprint density at radius 1 is 1.39 bits per heavy atom. The van der Waals surface area contributed by atoms with Gasteiger partial charge in [-0.05, 0) is 5.92 Å². The number of carbonyl (C=O) groups is 1. The van der Waals surface area contributed by atoms with Crippen molar-refractivity contribution in [1.82, 2.24) is 9.97 Å². The molecule has 0 aliphatic heterocycles. The van der Waals surface area contributed by atoms with Crippen LogP contribution in [0, 0.1) is 5.92 Å². The van der Waals surface area contributed by atoms with Crippen LogP contribution in [0.25, 0.3) is 0 Å². The first-order valence-corrected chi connectivity index (χ1v) is 5.92. The molecule has 3 N–H and O–H groups in total. The maximum absolute atomic E-state index is 11.5. The standard InChI is InChI=1S/C12H19N3O3/c1-6(2)10(12(17)18)13-8-5-9(16)15-11(14-8)7(3)4/h5-7,10H,1-4H3,(H,17,18)(H2,13,14,15,16). The predicted octanol–water partition coefficient (Wildman–Crippen LogP) is 1.41. The SMILES string of the molecule is CC(C)c1nc(NC(C(=O)O)C(C)C)cc(=O)[nH]1. The second-order valence-electron chi connectivity index (χ2n) is 4.87. The smallest absolute Gasteiger partial charge is 0.326 e. The number of carboxylic acid groups (broad SMARTS) is 1. The summed E-state index contributed by atoms with van der Waals surface area (Å²) in [7, 11) is 0. The number of hydrogen-bond acceptors (Lipinski definition) is 4. The highest BCUT2D eigenvalue weighted by Gasteiger charge is 2.22. The molecule has 6 nitrogen and oxygen atoms in total. The van der Waals surface area contributed by atoms with Crippen molar-refractivity contribution in [3.8, 4) is 0 Å². The summed E-state index contributed by atoms with van der Waals surface area (Å²) < 4.78 is 0. The van der Waals surface area contributed by atoms with E-state index in [1.165, 1.54) is 6.07 Å². The van der Waals surface area contributed by atoms with E-state index in [0.29, 0.717) is 11.6 Å². The molecular formula is C12H19N3O3. The fourth-order valence-electron chi connectivity index (χ4n) is 1.50. The van der Waals surface area contributed by atoms with E-state index < -0.39 is 12.0 Å². The predicted molar refractivity (Wildman–Crippen MR) is 68.8 cm³/mol. The van der Waals surface area contributed by atoms with Crippen molar-refractivity contribution in [3.05, 3.63) is 22.2 Å². The minimum absolute atomic E-state index is 0.0711. The molecule has 0 fully saturated rings. The number of aliphatic carboxylic acids is 1. The van der Waals surface area contributed by atoms with Crippen LogP contribution in [0.2, 0.25) is 0 Å². The largest absolute Gasteiger partial charge is 0.480 e. The topological polar surface area (TPSA) is 95.1 Å². The first-order valence-electron chi connectivity index (χ1n) is 5.92. The van der Waals surface area contributed by atoms with Crippen LogP contribution < -0.4 is 10.9 Å². The molecule has 0 aromatic carbocycles. The van der Waals surface area contributed by atoms with Crippen molar-refractivity contribution in [2.75, 3.05) is 5.32 Å². The average molecular weight is 253 g/mol. The molecule has 100 valence electrons. The summed E-state index contributed by atoms with van der Waals surface area (Å²) in [6, 6.07) is 0.504. The van der Waals surface area contributed by atoms with Crippen LogP contribution in [0.1, 0.15) is 39.4 Å². The number of anilines is 1. The Bertz CT molecular complexity index is 480. The van der Waals surface area contributed by atoms with E-state index in [-0.39, 0.29) is 17.4 Å². The quantitative estimate of drug-likeness (QED) is 0.737. The molecule has 0 aliphatic rings. The van der Waals surface area contributed by atoms with Gasteiger partial charge in [-0.15, -0.1) is 0 Å². The van der Waals surface area contributed by atoms with Crippen molar-refractivity contribution < 1.29 is 9.90 Å². The summed E-state index contributed by atoms with van der Waals surface area (Å²) in [5, 5.41) is 11.9. The summed E-state index contributed by atoms with van der Waals surface area (Å²) >= 11 is 0. The first kappa shape index (κ1) is 14.2. The van der Waals surface area contributed by atoms with Crippen molar-refractivity contribution >= 4 is 11.8 Å². The minimum atomic E-state index is -0.960. The molecule has 1 heterocycles. The van der Waals surface area contributed by atoms with Gasteiger partial charge in [-0.1, -0.05) is 27.7 Å². The Morgan fingerprint density at radius 3 is 2.44 bits per heavy atom. The van der Waals surface area contributed by atoms with Crippen LogP contribution >= 0.6 is 0 Å². The molecule has 1 unspecified atom stereocenters. The van der Waals surface area contributed by atoms with Crippen molar-refractivity contribution in [2.24, 2.45) is 5.92 Å². The van der Waals surface area contributed by atoms with E-state index in [0.717, 1.165) is 0 Å². The third-order valence-corrected chi connectivity index (χ3v) is 2.54. The molecule has 1 rings (SSSR count). The maximum atomic E-state index is 11.5.